The second-order valence-electron chi connectivity index (χ2n) is 5.54. The molecule has 0 unspecified atom stereocenters. The highest BCUT2D eigenvalue weighted by Gasteiger charge is 2.30. The van der Waals surface area contributed by atoms with E-state index in [2.05, 4.69) is 0 Å². The minimum Gasteiger partial charge on any atom is -0.320 e. The van der Waals surface area contributed by atoms with Gasteiger partial charge in [0.2, 0.25) is 0 Å². The van der Waals surface area contributed by atoms with Crippen LogP contribution in [0.5, 0.6) is 0 Å². The molecule has 0 aliphatic rings. The van der Waals surface area contributed by atoms with Crippen LogP contribution in [0.15, 0.2) is 72.8 Å². The molecule has 0 fully saturated rings. The Bertz CT molecular complexity index is 763. The molecule has 118 valence electrons. The predicted molar refractivity (Wildman–Crippen MR) is 88.7 cm³/mol. The fraction of sp³-hybridized carbons (Fsp3) is 0.200. The Morgan fingerprint density at radius 2 is 1.48 bits per heavy atom. The van der Waals surface area contributed by atoms with Gasteiger partial charge < -0.3 is 4.74 Å². The van der Waals surface area contributed by atoms with Crippen LogP contribution in [0, 0.1) is 0 Å². The summed E-state index contributed by atoms with van der Waals surface area (Å²) in [7, 11) is 0. The zero-order chi connectivity index (χ0) is 16.1. The van der Waals surface area contributed by atoms with Crippen molar-refractivity contribution in [1.29, 1.82) is 0 Å². The van der Waals surface area contributed by atoms with Crippen molar-refractivity contribution in [2.45, 2.75) is 19.0 Å². The van der Waals surface area contributed by atoms with Gasteiger partial charge in [-0.15, -0.1) is 0 Å². The summed E-state index contributed by atoms with van der Waals surface area (Å²) in [6.45, 7) is -0.00611. The summed E-state index contributed by atoms with van der Waals surface area (Å²) in [6, 6.07) is 22.5. The Kier molecular flexibility index (Phi) is 4.68. The Hall–Kier alpha value is -2.26. The second-order valence-corrected chi connectivity index (χ2v) is 5.54. The molecule has 0 saturated heterocycles. The molecular weight excluding hydrogens is 294 g/mol. The highest BCUT2D eigenvalue weighted by Crippen LogP contribution is 2.23. The SMILES string of the molecule is FC(F)(Cc1ccccc1)OCCc1cccc2ccccc12. The van der Waals surface area contributed by atoms with Crippen LogP contribution in [0.25, 0.3) is 10.8 Å². The average molecular weight is 312 g/mol. The average Bonchev–Trinajstić information content (AvgIpc) is 2.55. The largest absolute Gasteiger partial charge is 0.359 e. The first-order valence-electron chi connectivity index (χ1n) is 7.66. The molecule has 0 bridgehead atoms. The van der Waals surface area contributed by atoms with E-state index in [1.54, 1.807) is 24.3 Å². The fourth-order valence-corrected chi connectivity index (χ4v) is 2.71. The first-order chi connectivity index (χ1) is 11.1. The number of halogens is 2. The van der Waals surface area contributed by atoms with E-state index in [0.717, 1.165) is 16.3 Å². The number of fused-ring (bicyclic) bond motifs is 1. The van der Waals surface area contributed by atoms with E-state index in [1.807, 2.05) is 48.5 Å². The fourth-order valence-electron chi connectivity index (χ4n) is 2.71. The van der Waals surface area contributed by atoms with Crippen LogP contribution >= 0.6 is 0 Å². The van der Waals surface area contributed by atoms with Crippen molar-refractivity contribution < 1.29 is 13.5 Å². The quantitative estimate of drug-likeness (QED) is 0.605. The molecule has 0 heterocycles. The van der Waals surface area contributed by atoms with E-state index in [4.69, 9.17) is 4.74 Å². The van der Waals surface area contributed by atoms with Gasteiger partial charge in [-0.2, -0.15) is 8.78 Å². The number of ether oxygens (including phenoxy) is 1. The lowest BCUT2D eigenvalue weighted by Crippen LogP contribution is -2.25. The lowest BCUT2D eigenvalue weighted by atomic mass is 10.0. The normalized spacial score (nSPS) is 11.7. The van der Waals surface area contributed by atoms with E-state index < -0.39 is 12.5 Å². The molecule has 1 nitrogen and oxygen atoms in total. The van der Waals surface area contributed by atoms with Gasteiger partial charge in [0.15, 0.2) is 0 Å². The molecule has 0 saturated carbocycles. The van der Waals surface area contributed by atoms with E-state index >= 15 is 0 Å². The Morgan fingerprint density at radius 3 is 2.30 bits per heavy atom. The third kappa shape index (κ3) is 4.14. The molecule has 0 amide bonds. The minimum atomic E-state index is -3.15. The minimum absolute atomic E-state index is 0.00611. The van der Waals surface area contributed by atoms with Crippen LogP contribution in [-0.4, -0.2) is 12.7 Å². The molecule has 0 aromatic heterocycles. The van der Waals surface area contributed by atoms with E-state index in [0.29, 0.717) is 12.0 Å². The summed E-state index contributed by atoms with van der Waals surface area (Å²) in [4.78, 5) is 0. The molecule has 0 N–H and O–H groups in total. The Morgan fingerprint density at radius 1 is 0.783 bits per heavy atom. The van der Waals surface area contributed by atoms with Crippen molar-refractivity contribution in [3.8, 4) is 0 Å². The molecule has 3 aromatic rings. The number of rotatable bonds is 6. The van der Waals surface area contributed by atoms with Gasteiger partial charge in [0.1, 0.15) is 0 Å². The van der Waals surface area contributed by atoms with Crippen molar-refractivity contribution in [2.75, 3.05) is 6.61 Å². The van der Waals surface area contributed by atoms with Gasteiger partial charge in [-0.05, 0) is 28.3 Å². The number of hydrogen-bond donors (Lipinski definition) is 0. The summed E-state index contributed by atoms with van der Waals surface area (Å²) in [5, 5.41) is 2.20. The zero-order valence-corrected chi connectivity index (χ0v) is 12.7. The van der Waals surface area contributed by atoms with Crippen LogP contribution in [0.4, 0.5) is 8.78 Å². The molecule has 0 aliphatic heterocycles. The van der Waals surface area contributed by atoms with E-state index in [9.17, 15) is 8.78 Å². The number of hydrogen-bond acceptors (Lipinski definition) is 1. The summed E-state index contributed by atoms with van der Waals surface area (Å²) in [5.74, 6) is 0. The molecule has 3 rings (SSSR count). The lowest BCUT2D eigenvalue weighted by molar-refractivity contribution is -0.236. The van der Waals surface area contributed by atoms with Crippen LogP contribution in [0.3, 0.4) is 0 Å². The molecule has 0 aliphatic carbocycles. The Labute approximate surface area is 134 Å². The molecular formula is C20H18F2O. The maximum atomic E-state index is 13.9. The summed E-state index contributed by atoms with van der Waals surface area (Å²) in [6.07, 6.45) is -3.08. The number of alkyl halides is 2. The van der Waals surface area contributed by atoms with Crippen molar-refractivity contribution >= 4 is 10.8 Å². The van der Waals surface area contributed by atoms with Crippen molar-refractivity contribution in [3.63, 3.8) is 0 Å². The standard InChI is InChI=1S/C20H18F2O/c21-20(22,15-16-7-2-1-3-8-16)23-14-13-18-11-6-10-17-9-4-5-12-19(17)18/h1-12H,13-15H2. The van der Waals surface area contributed by atoms with Gasteiger partial charge in [-0.25, -0.2) is 0 Å². The highest BCUT2D eigenvalue weighted by atomic mass is 19.3. The van der Waals surface area contributed by atoms with Crippen molar-refractivity contribution in [2.24, 2.45) is 0 Å². The first-order valence-corrected chi connectivity index (χ1v) is 7.66. The maximum Gasteiger partial charge on any atom is 0.359 e. The van der Waals surface area contributed by atoms with Gasteiger partial charge in [0, 0.05) is 0 Å². The van der Waals surface area contributed by atoms with E-state index in [1.165, 1.54) is 0 Å². The van der Waals surface area contributed by atoms with Crippen molar-refractivity contribution in [1.82, 2.24) is 0 Å². The monoisotopic (exact) mass is 312 g/mol. The zero-order valence-electron chi connectivity index (χ0n) is 12.7. The van der Waals surface area contributed by atoms with Gasteiger partial charge in [0.25, 0.3) is 0 Å². The second kappa shape index (κ2) is 6.88. The van der Waals surface area contributed by atoms with Gasteiger partial charge in [0.05, 0.1) is 13.0 Å². The van der Waals surface area contributed by atoms with Gasteiger partial charge in [-0.1, -0.05) is 72.8 Å². The molecule has 3 heteroatoms. The van der Waals surface area contributed by atoms with Crippen LogP contribution in [0.2, 0.25) is 0 Å². The molecule has 23 heavy (non-hydrogen) atoms. The lowest BCUT2D eigenvalue weighted by Gasteiger charge is -2.17. The van der Waals surface area contributed by atoms with Gasteiger partial charge >= 0.3 is 6.11 Å². The molecule has 0 radical (unpaired) electrons. The van der Waals surface area contributed by atoms with Crippen LogP contribution in [-0.2, 0) is 17.6 Å². The van der Waals surface area contributed by atoms with E-state index in [-0.39, 0.29) is 6.61 Å². The predicted octanol–water partition coefficient (Wildman–Crippen LogP) is 5.23. The molecule has 0 atom stereocenters. The summed E-state index contributed by atoms with van der Waals surface area (Å²) >= 11 is 0. The van der Waals surface area contributed by atoms with Crippen molar-refractivity contribution in [3.05, 3.63) is 83.9 Å². The Balaban J connectivity index is 1.62. The highest BCUT2D eigenvalue weighted by molar-refractivity contribution is 5.85. The summed E-state index contributed by atoms with van der Waals surface area (Å²) in [5.41, 5.74) is 1.60. The molecule has 3 aromatic carbocycles. The summed E-state index contributed by atoms with van der Waals surface area (Å²) < 4.78 is 32.7. The molecule has 0 spiro atoms. The van der Waals surface area contributed by atoms with Gasteiger partial charge in [-0.3, -0.25) is 0 Å². The third-order valence-electron chi connectivity index (χ3n) is 3.82. The smallest absolute Gasteiger partial charge is 0.320 e. The maximum absolute atomic E-state index is 13.9. The third-order valence-corrected chi connectivity index (χ3v) is 3.82. The first kappa shape index (κ1) is 15.6. The van der Waals surface area contributed by atoms with Crippen LogP contribution < -0.4 is 0 Å². The topological polar surface area (TPSA) is 9.23 Å². The van der Waals surface area contributed by atoms with Crippen LogP contribution in [0.1, 0.15) is 11.1 Å². The number of benzene rings is 3.